The van der Waals surface area contributed by atoms with E-state index in [0.717, 1.165) is 5.69 Å². The van der Waals surface area contributed by atoms with Crippen LogP contribution in [0.3, 0.4) is 0 Å². The number of nitrogens with one attached hydrogen (secondary N) is 1. The standard InChI is InChI=1S/C12H16N2O4/c1-14(9-5-3-2-4-6-9)12(18)13-8-7-10(15)11(16)17/h2-6,10,15H,7-8H2,1H3,(H,13,18)(H,16,17). The molecule has 1 aromatic rings. The molecule has 0 radical (unpaired) electrons. The fraction of sp³-hybridized carbons (Fsp3) is 0.333. The summed E-state index contributed by atoms with van der Waals surface area (Å²) in [5.74, 6) is -1.29. The monoisotopic (exact) mass is 252 g/mol. The molecule has 1 aromatic carbocycles. The molecule has 0 aliphatic carbocycles. The Labute approximate surface area is 105 Å². The van der Waals surface area contributed by atoms with Gasteiger partial charge in [0.2, 0.25) is 0 Å². The van der Waals surface area contributed by atoms with Gasteiger partial charge in [-0.15, -0.1) is 0 Å². The van der Waals surface area contributed by atoms with Gasteiger partial charge in [-0.25, -0.2) is 9.59 Å². The lowest BCUT2D eigenvalue weighted by atomic mass is 10.2. The number of urea groups is 1. The van der Waals surface area contributed by atoms with E-state index in [9.17, 15) is 9.59 Å². The van der Waals surface area contributed by atoms with Crippen molar-refractivity contribution >= 4 is 17.7 Å². The van der Waals surface area contributed by atoms with Crippen molar-refractivity contribution in [3.63, 3.8) is 0 Å². The molecule has 1 rings (SSSR count). The average molecular weight is 252 g/mol. The summed E-state index contributed by atoms with van der Waals surface area (Å²) >= 11 is 0. The lowest BCUT2D eigenvalue weighted by Crippen LogP contribution is -2.39. The van der Waals surface area contributed by atoms with Crippen LogP contribution in [0.5, 0.6) is 0 Å². The van der Waals surface area contributed by atoms with Crippen molar-refractivity contribution in [2.45, 2.75) is 12.5 Å². The molecular formula is C12H16N2O4. The summed E-state index contributed by atoms with van der Waals surface area (Å²) < 4.78 is 0. The van der Waals surface area contributed by atoms with Gasteiger partial charge in [0.25, 0.3) is 0 Å². The van der Waals surface area contributed by atoms with Gasteiger partial charge in [0.1, 0.15) is 0 Å². The highest BCUT2D eigenvalue weighted by atomic mass is 16.4. The average Bonchev–Trinajstić information content (AvgIpc) is 2.38. The largest absolute Gasteiger partial charge is 0.479 e. The summed E-state index contributed by atoms with van der Waals surface area (Å²) in [4.78, 5) is 23.4. The van der Waals surface area contributed by atoms with Crippen molar-refractivity contribution in [1.82, 2.24) is 5.32 Å². The number of rotatable bonds is 5. The third kappa shape index (κ3) is 4.06. The highest BCUT2D eigenvalue weighted by molar-refractivity contribution is 5.91. The van der Waals surface area contributed by atoms with Crippen molar-refractivity contribution in [2.75, 3.05) is 18.5 Å². The Morgan fingerprint density at radius 3 is 2.50 bits per heavy atom. The lowest BCUT2D eigenvalue weighted by molar-refractivity contribution is -0.146. The van der Waals surface area contributed by atoms with Crippen LogP contribution in [0.2, 0.25) is 0 Å². The number of para-hydroxylation sites is 1. The van der Waals surface area contributed by atoms with Crippen LogP contribution in [0, 0.1) is 0 Å². The predicted octanol–water partition coefficient (Wildman–Crippen LogP) is 0.668. The molecule has 6 nitrogen and oxygen atoms in total. The number of hydrogen-bond donors (Lipinski definition) is 3. The van der Waals surface area contributed by atoms with Crippen molar-refractivity contribution in [1.29, 1.82) is 0 Å². The van der Waals surface area contributed by atoms with Crippen LogP contribution < -0.4 is 10.2 Å². The summed E-state index contributed by atoms with van der Waals surface area (Å²) in [6.07, 6.45) is -1.48. The molecule has 0 aliphatic heterocycles. The van der Waals surface area contributed by atoms with Gasteiger partial charge in [0.15, 0.2) is 6.10 Å². The van der Waals surface area contributed by atoms with E-state index in [1.807, 2.05) is 18.2 Å². The summed E-state index contributed by atoms with van der Waals surface area (Å²) in [5, 5.41) is 20.0. The van der Waals surface area contributed by atoms with Gasteiger partial charge >= 0.3 is 12.0 Å². The number of aliphatic hydroxyl groups excluding tert-OH is 1. The molecular weight excluding hydrogens is 236 g/mol. The van der Waals surface area contributed by atoms with Gasteiger partial charge in [-0.05, 0) is 12.1 Å². The number of benzene rings is 1. The number of carbonyl (C=O) groups is 2. The molecule has 0 saturated heterocycles. The van der Waals surface area contributed by atoms with E-state index in [4.69, 9.17) is 10.2 Å². The van der Waals surface area contributed by atoms with Gasteiger partial charge in [-0.1, -0.05) is 18.2 Å². The normalized spacial score (nSPS) is 11.7. The predicted molar refractivity (Wildman–Crippen MR) is 66.5 cm³/mol. The van der Waals surface area contributed by atoms with E-state index < -0.39 is 12.1 Å². The minimum absolute atomic E-state index is 0.0241. The lowest BCUT2D eigenvalue weighted by Gasteiger charge is -2.18. The van der Waals surface area contributed by atoms with E-state index in [1.165, 1.54) is 4.90 Å². The fourth-order valence-corrected chi connectivity index (χ4v) is 1.33. The number of carboxylic acid groups (broad SMARTS) is 1. The van der Waals surface area contributed by atoms with Crippen LogP contribution in [-0.2, 0) is 4.79 Å². The molecule has 0 aromatic heterocycles. The van der Waals surface area contributed by atoms with Gasteiger partial charge in [-0.3, -0.25) is 4.90 Å². The van der Waals surface area contributed by atoms with Crippen LogP contribution in [0.25, 0.3) is 0 Å². The molecule has 98 valence electrons. The van der Waals surface area contributed by atoms with Crippen molar-refractivity contribution in [2.24, 2.45) is 0 Å². The topological polar surface area (TPSA) is 89.9 Å². The van der Waals surface area contributed by atoms with E-state index in [0.29, 0.717) is 0 Å². The van der Waals surface area contributed by atoms with Crippen molar-refractivity contribution in [3.8, 4) is 0 Å². The third-order valence-corrected chi connectivity index (χ3v) is 2.43. The first-order chi connectivity index (χ1) is 8.52. The minimum atomic E-state index is -1.45. The molecule has 0 heterocycles. The number of carboxylic acids is 1. The summed E-state index contributed by atoms with van der Waals surface area (Å²) in [7, 11) is 1.61. The Bertz CT molecular complexity index is 408. The number of amides is 2. The molecule has 0 bridgehead atoms. The van der Waals surface area contributed by atoms with Gasteiger partial charge in [-0.2, -0.15) is 0 Å². The minimum Gasteiger partial charge on any atom is -0.479 e. The highest BCUT2D eigenvalue weighted by Gasteiger charge is 2.14. The first-order valence-corrected chi connectivity index (χ1v) is 5.50. The molecule has 1 atom stereocenters. The quantitative estimate of drug-likeness (QED) is 0.718. The Kier molecular flexibility index (Phi) is 5.13. The van der Waals surface area contributed by atoms with Crippen molar-refractivity contribution in [3.05, 3.63) is 30.3 Å². The Hall–Kier alpha value is -2.08. The van der Waals surface area contributed by atoms with Gasteiger partial charge in [0, 0.05) is 25.7 Å². The maximum atomic E-state index is 11.7. The molecule has 0 spiro atoms. The number of aliphatic hydroxyl groups is 1. The van der Waals surface area contributed by atoms with Crippen molar-refractivity contribution < 1.29 is 19.8 Å². The Morgan fingerprint density at radius 2 is 1.94 bits per heavy atom. The second-order valence-corrected chi connectivity index (χ2v) is 3.77. The molecule has 0 saturated carbocycles. The molecule has 18 heavy (non-hydrogen) atoms. The number of anilines is 1. The maximum absolute atomic E-state index is 11.7. The zero-order chi connectivity index (χ0) is 13.5. The van der Waals surface area contributed by atoms with Crippen LogP contribution in [0.1, 0.15) is 6.42 Å². The van der Waals surface area contributed by atoms with E-state index in [1.54, 1.807) is 19.2 Å². The number of carbonyl (C=O) groups excluding carboxylic acids is 1. The Balaban J connectivity index is 2.40. The fourth-order valence-electron chi connectivity index (χ4n) is 1.33. The molecule has 3 N–H and O–H groups in total. The first-order valence-electron chi connectivity index (χ1n) is 5.50. The summed E-state index contributed by atoms with van der Waals surface area (Å²) in [5.41, 5.74) is 0.730. The van der Waals surface area contributed by atoms with E-state index in [-0.39, 0.29) is 19.0 Å². The number of aliphatic carboxylic acids is 1. The van der Waals surface area contributed by atoms with Crippen LogP contribution >= 0.6 is 0 Å². The zero-order valence-electron chi connectivity index (χ0n) is 10.0. The van der Waals surface area contributed by atoms with E-state index in [2.05, 4.69) is 5.32 Å². The SMILES string of the molecule is CN(C(=O)NCCC(O)C(=O)O)c1ccccc1. The smallest absolute Gasteiger partial charge is 0.332 e. The first kappa shape index (κ1) is 14.0. The molecule has 0 fully saturated rings. The summed E-state index contributed by atoms with van der Waals surface area (Å²) in [6, 6.07) is 8.69. The molecule has 1 unspecified atom stereocenters. The highest BCUT2D eigenvalue weighted by Crippen LogP contribution is 2.10. The number of hydrogen-bond acceptors (Lipinski definition) is 3. The Morgan fingerprint density at radius 1 is 1.33 bits per heavy atom. The molecule has 0 aliphatic rings. The van der Waals surface area contributed by atoms with Gasteiger partial charge in [0.05, 0.1) is 0 Å². The molecule has 2 amide bonds. The second kappa shape index (κ2) is 6.61. The van der Waals surface area contributed by atoms with Crippen LogP contribution in [0.4, 0.5) is 10.5 Å². The van der Waals surface area contributed by atoms with Crippen LogP contribution in [-0.4, -0.2) is 41.9 Å². The zero-order valence-corrected chi connectivity index (χ0v) is 10.0. The van der Waals surface area contributed by atoms with E-state index >= 15 is 0 Å². The number of nitrogens with zero attached hydrogens (tertiary/aromatic N) is 1. The molecule has 6 heteroatoms. The third-order valence-electron chi connectivity index (χ3n) is 2.43. The van der Waals surface area contributed by atoms with Crippen LogP contribution in [0.15, 0.2) is 30.3 Å². The second-order valence-electron chi connectivity index (χ2n) is 3.77. The van der Waals surface area contributed by atoms with Gasteiger partial charge < -0.3 is 15.5 Å². The maximum Gasteiger partial charge on any atom is 0.332 e. The summed E-state index contributed by atoms with van der Waals surface area (Å²) in [6.45, 7) is 0.101.